The van der Waals surface area contributed by atoms with Crippen molar-refractivity contribution in [1.29, 1.82) is 0 Å². The standard InChI is InChI=1S/C11H11NO3/c12-11(15)4-2-8-1-3-9(6-13)10(5-8)7-14/h1,3,5-7H,2,4H2,(H2,12,15). The molecule has 0 atom stereocenters. The van der Waals surface area contributed by atoms with Crippen LogP contribution in [0, 0.1) is 0 Å². The van der Waals surface area contributed by atoms with E-state index in [0.717, 1.165) is 5.56 Å². The first-order valence-corrected chi connectivity index (χ1v) is 4.49. The van der Waals surface area contributed by atoms with Gasteiger partial charge < -0.3 is 5.73 Å². The molecule has 0 radical (unpaired) electrons. The van der Waals surface area contributed by atoms with Crippen LogP contribution in [-0.4, -0.2) is 18.5 Å². The van der Waals surface area contributed by atoms with E-state index < -0.39 is 0 Å². The molecular weight excluding hydrogens is 194 g/mol. The number of carbonyl (C=O) groups excluding carboxylic acids is 3. The van der Waals surface area contributed by atoms with Gasteiger partial charge in [0.1, 0.15) is 0 Å². The predicted molar refractivity (Wildman–Crippen MR) is 54.7 cm³/mol. The Bertz CT molecular complexity index is 399. The fourth-order valence-corrected chi connectivity index (χ4v) is 1.26. The predicted octanol–water partition coefficient (Wildman–Crippen LogP) is 0.729. The normalized spacial score (nSPS) is 9.60. The lowest BCUT2D eigenvalue weighted by Gasteiger charge is -2.02. The molecule has 1 aromatic rings. The zero-order valence-electron chi connectivity index (χ0n) is 8.10. The number of hydrogen-bond acceptors (Lipinski definition) is 3. The van der Waals surface area contributed by atoms with Crippen LogP contribution in [0.25, 0.3) is 0 Å². The van der Waals surface area contributed by atoms with Crippen molar-refractivity contribution in [2.24, 2.45) is 5.73 Å². The molecule has 0 saturated carbocycles. The number of amides is 1. The smallest absolute Gasteiger partial charge is 0.217 e. The second kappa shape index (κ2) is 5.05. The number of aryl methyl sites for hydroxylation is 1. The van der Waals surface area contributed by atoms with Crippen LogP contribution in [0.5, 0.6) is 0 Å². The highest BCUT2D eigenvalue weighted by atomic mass is 16.1. The fourth-order valence-electron chi connectivity index (χ4n) is 1.26. The van der Waals surface area contributed by atoms with Crippen molar-refractivity contribution in [3.8, 4) is 0 Å². The first kappa shape index (κ1) is 11.1. The minimum Gasteiger partial charge on any atom is -0.370 e. The van der Waals surface area contributed by atoms with Crippen LogP contribution < -0.4 is 5.73 Å². The van der Waals surface area contributed by atoms with E-state index in [-0.39, 0.29) is 12.3 Å². The van der Waals surface area contributed by atoms with E-state index in [1.807, 2.05) is 0 Å². The molecule has 0 aliphatic carbocycles. The van der Waals surface area contributed by atoms with Crippen molar-refractivity contribution in [3.63, 3.8) is 0 Å². The Morgan fingerprint density at radius 2 is 1.87 bits per heavy atom. The van der Waals surface area contributed by atoms with Crippen molar-refractivity contribution >= 4 is 18.5 Å². The molecule has 0 spiro atoms. The van der Waals surface area contributed by atoms with Gasteiger partial charge in [0.25, 0.3) is 0 Å². The van der Waals surface area contributed by atoms with E-state index in [2.05, 4.69) is 0 Å². The van der Waals surface area contributed by atoms with Crippen molar-refractivity contribution < 1.29 is 14.4 Å². The van der Waals surface area contributed by atoms with Crippen molar-refractivity contribution in [1.82, 2.24) is 0 Å². The number of aldehydes is 2. The molecule has 0 fully saturated rings. The summed E-state index contributed by atoms with van der Waals surface area (Å²) >= 11 is 0. The average Bonchev–Trinajstić information content (AvgIpc) is 2.25. The topological polar surface area (TPSA) is 77.2 Å². The molecule has 2 N–H and O–H groups in total. The number of primary amides is 1. The maximum absolute atomic E-state index is 10.6. The molecule has 0 saturated heterocycles. The van der Waals surface area contributed by atoms with Gasteiger partial charge in [0.05, 0.1) is 0 Å². The first-order valence-electron chi connectivity index (χ1n) is 4.49. The first-order chi connectivity index (χ1) is 7.17. The van der Waals surface area contributed by atoms with Gasteiger partial charge in [0.15, 0.2) is 12.6 Å². The number of hydrogen-bond donors (Lipinski definition) is 1. The molecule has 78 valence electrons. The molecule has 4 heteroatoms. The molecular formula is C11H11NO3. The van der Waals surface area contributed by atoms with Gasteiger partial charge in [-0.2, -0.15) is 0 Å². The Morgan fingerprint density at radius 3 is 2.40 bits per heavy atom. The SMILES string of the molecule is NC(=O)CCc1ccc(C=O)c(C=O)c1. The number of carbonyl (C=O) groups is 3. The van der Waals surface area contributed by atoms with Crippen LogP contribution in [0.1, 0.15) is 32.7 Å². The quantitative estimate of drug-likeness (QED) is 0.720. The molecule has 4 nitrogen and oxygen atoms in total. The highest BCUT2D eigenvalue weighted by Gasteiger charge is 2.03. The lowest BCUT2D eigenvalue weighted by Crippen LogP contribution is -2.11. The van der Waals surface area contributed by atoms with Gasteiger partial charge in [-0.1, -0.05) is 12.1 Å². The summed E-state index contributed by atoms with van der Waals surface area (Å²) in [6.07, 6.45) is 1.97. The summed E-state index contributed by atoms with van der Waals surface area (Å²) in [7, 11) is 0. The molecule has 0 aliphatic heterocycles. The molecule has 0 aliphatic rings. The van der Waals surface area contributed by atoms with E-state index in [1.54, 1.807) is 18.2 Å². The zero-order chi connectivity index (χ0) is 11.3. The number of rotatable bonds is 5. The molecule has 0 aromatic heterocycles. The van der Waals surface area contributed by atoms with Crippen LogP contribution in [0.4, 0.5) is 0 Å². The highest BCUT2D eigenvalue weighted by molar-refractivity contribution is 5.90. The van der Waals surface area contributed by atoms with E-state index in [1.165, 1.54) is 0 Å². The zero-order valence-corrected chi connectivity index (χ0v) is 8.10. The van der Waals surface area contributed by atoms with Gasteiger partial charge >= 0.3 is 0 Å². The number of nitrogens with two attached hydrogens (primary N) is 1. The summed E-state index contributed by atoms with van der Waals surface area (Å²) in [5.41, 5.74) is 6.52. The average molecular weight is 205 g/mol. The van der Waals surface area contributed by atoms with Gasteiger partial charge in [-0.25, -0.2) is 0 Å². The van der Waals surface area contributed by atoms with Crippen molar-refractivity contribution in [2.75, 3.05) is 0 Å². The highest BCUT2D eigenvalue weighted by Crippen LogP contribution is 2.10. The van der Waals surface area contributed by atoms with Crippen LogP contribution in [0.15, 0.2) is 18.2 Å². The maximum Gasteiger partial charge on any atom is 0.217 e. The molecule has 0 heterocycles. The Morgan fingerprint density at radius 1 is 1.20 bits per heavy atom. The minimum atomic E-state index is -0.387. The summed E-state index contributed by atoms with van der Waals surface area (Å²) in [6.45, 7) is 0. The van der Waals surface area contributed by atoms with Crippen LogP contribution in [-0.2, 0) is 11.2 Å². The summed E-state index contributed by atoms with van der Waals surface area (Å²) in [5, 5.41) is 0. The number of benzene rings is 1. The van der Waals surface area contributed by atoms with Crippen LogP contribution in [0.3, 0.4) is 0 Å². The second-order valence-electron chi connectivity index (χ2n) is 3.17. The second-order valence-corrected chi connectivity index (χ2v) is 3.17. The van der Waals surface area contributed by atoms with Gasteiger partial charge in [0, 0.05) is 17.5 Å². The molecule has 0 unspecified atom stereocenters. The van der Waals surface area contributed by atoms with Gasteiger partial charge in [-0.3, -0.25) is 14.4 Å². The monoisotopic (exact) mass is 205 g/mol. The van der Waals surface area contributed by atoms with Gasteiger partial charge in [0.2, 0.25) is 5.91 Å². The molecule has 0 bridgehead atoms. The molecule has 1 amide bonds. The third kappa shape index (κ3) is 3.02. The fraction of sp³-hybridized carbons (Fsp3) is 0.182. The third-order valence-corrected chi connectivity index (χ3v) is 2.07. The van der Waals surface area contributed by atoms with E-state index in [4.69, 9.17) is 5.73 Å². The lowest BCUT2D eigenvalue weighted by molar-refractivity contribution is -0.117. The summed E-state index contributed by atoms with van der Waals surface area (Å²) in [5.74, 6) is -0.387. The van der Waals surface area contributed by atoms with Crippen molar-refractivity contribution in [3.05, 3.63) is 34.9 Å². The Balaban J connectivity index is 2.88. The Labute approximate surface area is 87.1 Å². The lowest BCUT2D eigenvalue weighted by atomic mass is 10.0. The van der Waals surface area contributed by atoms with Gasteiger partial charge in [-0.05, 0) is 18.1 Å². The molecule has 1 aromatic carbocycles. The van der Waals surface area contributed by atoms with Crippen molar-refractivity contribution in [2.45, 2.75) is 12.8 Å². The van der Waals surface area contributed by atoms with Crippen LogP contribution >= 0.6 is 0 Å². The Kier molecular flexibility index (Phi) is 3.74. The van der Waals surface area contributed by atoms with Crippen LogP contribution in [0.2, 0.25) is 0 Å². The molecule has 15 heavy (non-hydrogen) atoms. The summed E-state index contributed by atoms with van der Waals surface area (Å²) < 4.78 is 0. The summed E-state index contributed by atoms with van der Waals surface area (Å²) in [4.78, 5) is 31.7. The Hall–Kier alpha value is -1.97. The minimum absolute atomic E-state index is 0.235. The van der Waals surface area contributed by atoms with E-state index in [0.29, 0.717) is 30.1 Å². The van der Waals surface area contributed by atoms with Gasteiger partial charge in [-0.15, -0.1) is 0 Å². The maximum atomic E-state index is 10.6. The van der Waals surface area contributed by atoms with E-state index in [9.17, 15) is 14.4 Å². The third-order valence-electron chi connectivity index (χ3n) is 2.07. The molecule has 1 rings (SSSR count). The van der Waals surface area contributed by atoms with E-state index >= 15 is 0 Å². The largest absolute Gasteiger partial charge is 0.370 e. The summed E-state index contributed by atoms with van der Waals surface area (Å²) in [6, 6.07) is 4.87.